The van der Waals surface area contributed by atoms with Gasteiger partial charge in [-0.25, -0.2) is 9.37 Å². The highest BCUT2D eigenvalue weighted by Crippen LogP contribution is 2.40. The zero-order chi connectivity index (χ0) is 20.5. The van der Waals surface area contributed by atoms with E-state index in [1.54, 1.807) is 12.1 Å². The Morgan fingerprint density at radius 3 is 2.48 bits per heavy atom. The number of benzene rings is 1. The van der Waals surface area contributed by atoms with Crippen molar-refractivity contribution >= 4 is 23.5 Å². The molecule has 1 saturated heterocycles. The number of likely N-dealkylation sites (N-methyl/N-ethyl adjacent to an activating group) is 1. The summed E-state index contributed by atoms with van der Waals surface area (Å²) in [6, 6.07) is 8.82. The smallest absolute Gasteiger partial charge is 0.223 e. The average molecular weight is 418 g/mol. The third kappa shape index (κ3) is 4.49. The second-order valence-corrected chi connectivity index (χ2v) is 9.27. The Morgan fingerprint density at radius 2 is 1.83 bits per heavy atom. The van der Waals surface area contributed by atoms with E-state index in [2.05, 4.69) is 33.9 Å². The molecule has 0 spiro atoms. The molecule has 1 aliphatic heterocycles. The van der Waals surface area contributed by atoms with Crippen LogP contribution in [0.25, 0.3) is 0 Å². The van der Waals surface area contributed by atoms with Gasteiger partial charge < -0.3 is 20.3 Å². The van der Waals surface area contributed by atoms with Crippen molar-refractivity contribution in [3.8, 4) is 0 Å². The monoisotopic (exact) mass is 417 g/mol. The highest BCUT2D eigenvalue weighted by Gasteiger charge is 2.43. The van der Waals surface area contributed by atoms with E-state index in [0.717, 1.165) is 41.7 Å². The van der Waals surface area contributed by atoms with Gasteiger partial charge in [0.1, 0.15) is 16.7 Å². The molecule has 4 atom stereocenters. The highest BCUT2D eigenvalue weighted by atomic mass is 32.2. The van der Waals surface area contributed by atoms with Crippen molar-refractivity contribution in [3.05, 3.63) is 36.1 Å². The maximum atomic E-state index is 13.2. The number of methoxy groups -OCH3 is 1. The summed E-state index contributed by atoms with van der Waals surface area (Å²) in [5, 5.41) is 0.773. The standard InChI is InChI=1S/C21H28FN5OS/c1-26(2)17-8-13-11-27(12-14(13)9-18(17)28-3)19-10-20(25-21(23)24-19)29-16-6-4-15(22)5-7-16/h4-7,10,13-14,17-18H,8-9,11-12H2,1-3H3,(H2,23,24,25)/t13-,14+,17-,18-/m1/s1. The van der Waals surface area contributed by atoms with Crippen LogP contribution in [0.5, 0.6) is 0 Å². The molecule has 2 heterocycles. The average Bonchev–Trinajstić information content (AvgIpc) is 3.11. The largest absolute Gasteiger partial charge is 0.380 e. The topological polar surface area (TPSA) is 67.5 Å². The fraction of sp³-hybridized carbons (Fsp3) is 0.524. The van der Waals surface area contributed by atoms with E-state index >= 15 is 0 Å². The molecule has 0 bridgehead atoms. The highest BCUT2D eigenvalue weighted by molar-refractivity contribution is 7.99. The number of anilines is 2. The maximum Gasteiger partial charge on any atom is 0.223 e. The SMILES string of the molecule is CO[C@@H]1C[C@H]2CN(c3cc(Sc4ccc(F)cc4)nc(N)n3)C[C@H]2C[C@H]1N(C)C. The number of nitrogens with zero attached hydrogens (tertiary/aromatic N) is 4. The summed E-state index contributed by atoms with van der Waals surface area (Å²) in [6.07, 6.45) is 2.47. The summed E-state index contributed by atoms with van der Waals surface area (Å²) in [5.41, 5.74) is 6.01. The molecular weight excluding hydrogens is 389 g/mol. The molecule has 0 amide bonds. The van der Waals surface area contributed by atoms with Crippen molar-refractivity contribution in [1.29, 1.82) is 0 Å². The van der Waals surface area contributed by atoms with E-state index in [9.17, 15) is 4.39 Å². The number of aromatic nitrogens is 2. The van der Waals surface area contributed by atoms with Gasteiger partial charge in [0, 0.05) is 37.2 Å². The summed E-state index contributed by atoms with van der Waals surface area (Å²) in [4.78, 5) is 14.4. The first-order valence-corrected chi connectivity index (χ1v) is 10.8. The number of rotatable bonds is 5. The van der Waals surface area contributed by atoms with E-state index in [1.165, 1.54) is 23.9 Å². The van der Waals surface area contributed by atoms with Crippen LogP contribution < -0.4 is 10.6 Å². The molecule has 1 aliphatic carbocycles. The van der Waals surface area contributed by atoms with E-state index in [4.69, 9.17) is 10.5 Å². The maximum absolute atomic E-state index is 13.2. The number of nitrogens with two attached hydrogens (primary N) is 1. The van der Waals surface area contributed by atoms with Crippen LogP contribution in [0.15, 0.2) is 40.3 Å². The van der Waals surface area contributed by atoms with Crippen molar-refractivity contribution < 1.29 is 9.13 Å². The van der Waals surface area contributed by atoms with E-state index in [-0.39, 0.29) is 17.9 Å². The first kappa shape index (κ1) is 20.4. The first-order valence-electron chi connectivity index (χ1n) is 9.95. The van der Waals surface area contributed by atoms with Crippen molar-refractivity contribution in [3.63, 3.8) is 0 Å². The molecule has 6 nitrogen and oxygen atoms in total. The number of nitrogen functional groups attached to an aromatic ring is 1. The minimum Gasteiger partial charge on any atom is -0.380 e. The van der Waals surface area contributed by atoms with Crippen molar-refractivity contribution in [2.24, 2.45) is 11.8 Å². The van der Waals surface area contributed by atoms with Gasteiger partial charge in [-0.05, 0) is 63.0 Å². The lowest BCUT2D eigenvalue weighted by Gasteiger charge is -2.40. The minimum atomic E-state index is -0.248. The molecule has 1 aromatic carbocycles. The lowest BCUT2D eigenvalue weighted by molar-refractivity contribution is -0.0209. The number of halogens is 1. The summed E-state index contributed by atoms with van der Waals surface area (Å²) >= 11 is 1.47. The second-order valence-electron chi connectivity index (χ2n) is 8.18. The third-order valence-corrected chi connectivity index (χ3v) is 7.04. The number of fused-ring (bicyclic) bond motifs is 1. The van der Waals surface area contributed by atoms with Crippen LogP contribution in [0.4, 0.5) is 16.2 Å². The molecule has 4 rings (SSSR count). The van der Waals surface area contributed by atoms with Gasteiger partial charge in [0.25, 0.3) is 0 Å². The van der Waals surface area contributed by atoms with Gasteiger partial charge in [0.05, 0.1) is 6.10 Å². The molecule has 0 radical (unpaired) electrons. The molecule has 1 saturated carbocycles. The van der Waals surface area contributed by atoms with Gasteiger partial charge >= 0.3 is 0 Å². The molecular formula is C21H28FN5OS. The Labute approximate surface area is 175 Å². The fourth-order valence-corrected chi connectivity index (χ4v) is 5.46. The minimum absolute atomic E-state index is 0.248. The Morgan fingerprint density at radius 1 is 1.14 bits per heavy atom. The van der Waals surface area contributed by atoms with Gasteiger partial charge in [-0.15, -0.1) is 0 Å². The quantitative estimate of drug-likeness (QED) is 0.750. The zero-order valence-electron chi connectivity index (χ0n) is 17.1. The zero-order valence-corrected chi connectivity index (χ0v) is 17.9. The predicted molar refractivity (Wildman–Crippen MR) is 114 cm³/mol. The lowest BCUT2D eigenvalue weighted by atomic mass is 9.77. The molecule has 0 unspecified atom stereocenters. The van der Waals surface area contributed by atoms with Crippen LogP contribution in [0, 0.1) is 17.7 Å². The number of hydrogen-bond donors (Lipinski definition) is 1. The van der Waals surface area contributed by atoms with E-state index in [1.807, 2.05) is 13.2 Å². The van der Waals surface area contributed by atoms with E-state index < -0.39 is 0 Å². The summed E-state index contributed by atoms with van der Waals surface area (Å²) in [7, 11) is 6.08. The Bertz CT molecular complexity index is 849. The normalized spacial score (nSPS) is 26.7. The summed E-state index contributed by atoms with van der Waals surface area (Å²) < 4.78 is 19.0. The fourth-order valence-electron chi connectivity index (χ4n) is 4.64. The lowest BCUT2D eigenvalue weighted by Crippen LogP contribution is -2.47. The summed E-state index contributed by atoms with van der Waals surface area (Å²) in [6.45, 7) is 1.93. The van der Waals surface area contributed by atoms with Gasteiger partial charge in [-0.1, -0.05) is 11.8 Å². The number of hydrogen-bond acceptors (Lipinski definition) is 7. The Balaban J connectivity index is 1.50. The molecule has 2 aliphatic rings. The van der Waals surface area contributed by atoms with Crippen molar-refractivity contribution in [2.45, 2.75) is 34.9 Å². The van der Waals surface area contributed by atoms with Gasteiger partial charge in [-0.2, -0.15) is 4.98 Å². The van der Waals surface area contributed by atoms with Gasteiger partial charge in [0.15, 0.2) is 0 Å². The molecule has 2 fully saturated rings. The van der Waals surface area contributed by atoms with Crippen LogP contribution in [0.1, 0.15) is 12.8 Å². The molecule has 2 N–H and O–H groups in total. The van der Waals surface area contributed by atoms with Crippen molar-refractivity contribution in [2.75, 3.05) is 44.9 Å². The summed E-state index contributed by atoms with van der Waals surface area (Å²) in [5.74, 6) is 2.11. The predicted octanol–water partition coefficient (Wildman–Crippen LogP) is 3.14. The first-order chi connectivity index (χ1) is 13.9. The second kappa shape index (κ2) is 8.45. The van der Waals surface area contributed by atoms with Crippen LogP contribution in [0.2, 0.25) is 0 Å². The molecule has 1 aromatic heterocycles. The molecule has 29 heavy (non-hydrogen) atoms. The number of ether oxygens (including phenoxy) is 1. The van der Waals surface area contributed by atoms with Gasteiger partial charge in [-0.3, -0.25) is 0 Å². The van der Waals surface area contributed by atoms with Crippen LogP contribution in [-0.4, -0.2) is 61.3 Å². The third-order valence-electron chi connectivity index (χ3n) is 6.12. The molecule has 8 heteroatoms. The Hall–Kier alpha value is -1.90. The van der Waals surface area contributed by atoms with Crippen LogP contribution in [-0.2, 0) is 4.74 Å². The Kier molecular flexibility index (Phi) is 5.94. The van der Waals surface area contributed by atoms with Crippen LogP contribution in [0.3, 0.4) is 0 Å². The van der Waals surface area contributed by atoms with E-state index in [0.29, 0.717) is 17.9 Å². The molecule has 2 aromatic rings. The molecule has 156 valence electrons. The van der Waals surface area contributed by atoms with Gasteiger partial charge in [0.2, 0.25) is 5.95 Å². The van der Waals surface area contributed by atoms with Crippen molar-refractivity contribution in [1.82, 2.24) is 14.9 Å². The van der Waals surface area contributed by atoms with Crippen LogP contribution >= 0.6 is 11.8 Å².